The Labute approximate surface area is 184 Å². The summed E-state index contributed by atoms with van der Waals surface area (Å²) in [7, 11) is 3.23. The molecule has 0 N–H and O–H groups in total. The van der Waals surface area contributed by atoms with E-state index in [4.69, 9.17) is 79.1 Å². The van der Waals surface area contributed by atoms with Crippen LogP contribution in [0.15, 0.2) is 48.5 Å². The van der Waals surface area contributed by atoms with Crippen LogP contribution in [0.25, 0.3) is 0 Å². The lowest BCUT2D eigenvalue weighted by molar-refractivity contribution is 0.414. The van der Waals surface area contributed by atoms with E-state index in [-0.39, 0.29) is 5.92 Å². The molecule has 0 aliphatic carbocycles. The molecule has 0 fully saturated rings. The van der Waals surface area contributed by atoms with Gasteiger partial charge in [-0.1, -0.05) is 93.9 Å². The second-order valence-electron chi connectivity index (χ2n) is 5.30. The zero-order valence-corrected chi connectivity index (χ0v) is 18.8. The Morgan fingerprint density at radius 3 is 1.12 bits per heavy atom. The van der Waals surface area contributed by atoms with Gasteiger partial charge in [-0.3, -0.25) is 0 Å². The average Bonchev–Trinajstić information content (AvgIpc) is 2.53. The summed E-state index contributed by atoms with van der Waals surface area (Å²) in [5, 5.41) is 0. The SMILES string of the molecule is CC(Cl)(Cl)Cl.COc1ccc(C(c2ccc(OC)cc2)C(Cl)(Cl)Cl)cc1. The molecule has 0 aromatic heterocycles. The van der Waals surface area contributed by atoms with E-state index < -0.39 is 7.59 Å². The lowest BCUT2D eigenvalue weighted by Crippen LogP contribution is -2.18. The van der Waals surface area contributed by atoms with Gasteiger partial charge >= 0.3 is 0 Å². The minimum Gasteiger partial charge on any atom is -0.497 e. The third kappa shape index (κ3) is 8.65. The second kappa shape index (κ2) is 10.4. The molecule has 0 spiro atoms. The van der Waals surface area contributed by atoms with Gasteiger partial charge in [0.15, 0.2) is 3.79 Å². The largest absolute Gasteiger partial charge is 0.497 e. The third-order valence-electron chi connectivity index (χ3n) is 3.23. The summed E-state index contributed by atoms with van der Waals surface area (Å²) in [4.78, 5) is 0. The highest BCUT2D eigenvalue weighted by Crippen LogP contribution is 2.46. The molecule has 0 amide bonds. The van der Waals surface area contributed by atoms with E-state index in [1.165, 1.54) is 6.92 Å². The van der Waals surface area contributed by atoms with E-state index in [1.54, 1.807) is 14.2 Å². The van der Waals surface area contributed by atoms with E-state index in [2.05, 4.69) is 0 Å². The highest BCUT2D eigenvalue weighted by Gasteiger charge is 2.35. The number of ether oxygens (including phenoxy) is 2. The van der Waals surface area contributed by atoms with Gasteiger partial charge in [-0.05, 0) is 42.3 Å². The fourth-order valence-electron chi connectivity index (χ4n) is 2.16. The fourth-order valence-corrected chi connectivity index (χ4v) is 2.92. The molecule has 2 rings (SSSR count). The quantitative estimate of drug-likeness (QED) is 0.421. The number of alkyl halides is 6. The van der Waals surface area contributed by atoms with Crippen LogP contribution in [0.3, 0.4) is 0 Å². The summed E-state index contributed by atoms with van der Waals surface area (Å²) in [5.74, 6) is 1.15. The molecule has 0 saturated carbocycles. The van der Waals surface area contributed by atoms with Gasteiger partial charge in [0, 0.05) is 0 Å². The number of benzene rings is 2. The van der Waals surface area contributed by atoms with Gasteiger partial charge in [0.2, 0.25) is 3.79 Å². The summed E-state index contributed by atoms with van der Waals surface area (Å²) in [6.45, 7) is 1.48. The standard InChI is InChI=1S/C16H15Cl3O2.C2H3Cl3/c1-20-13-7-3-11(4-8-13)15(16(17,18)19)12-5-9-14(21-2)10-6-12;1-2(3,4)5/h3-10,15H,1-2H3;1H3. The van der Waals surface area contributed by atoms with Gasteiger partial charge in [0.25, 0.3) is 0 Å². The number of hydrogen-bond donors (Lipinski definition) is 0. The molecule has 8 heteroatoms. The van der Waals surface area contributed by atoms with E-state index in [1.807, 2.05) is 48.5 Å². The average molecular weight is 479 g/mol. The number of halogens is 6. The van der Waals surface area contributed by atoms with Gasteiger partial charge in [-0.15, -0.1) is 0 Å². The molecule has 0 radical (unpaired) electrons. The molecular formula is C18H18Cl6O2. The van der Waals surface area contributed by atoms with Crippen molar-refractivity contribution in [1.82, 2.24) is 0 Å². The minimum absolute atomic E-state index is 0.376. The Balaban J connectivity index is 0.000000597. The number of hydrogen-bond acceptors (Lipinski definition) is 2. The summed E-state index contributed by atoms with van der Waals surface area (Å²) >= 11 is 33.7. The molecule has 2 nitrogen and oxygen atoms in total. The van der Waals surface area contributed by atoms with Gasteiger partial charge in [0.05, 0.1) is 20.1 Å². The normalized spacial score (nSPS) is 11.6. The van der Waals surface area contributed by atoms with Gasteiger partial charge < -0.3 is 9.47 Å². The van der Waals surface area contributed by atoms with Crippen molar-refractivity contribution >= 4 is 69.6 Å². The Kier molecular flexibility index (Phi) is 9.49. The molecule has 0 unspecified atom stereocenters. The summed E-state index contributed by atoms with van der Waals surface area (Å²) in [6, 6.07) is 15.0. The van der Waals surface area contributed by atoms with Crippen molar-refractivity contribution in [2.24, 2.45) is 0 Å². The maximum atomic E-state index is 6.18. The predicted octanol–water partition coefficient (Wildman–Crippen LogP) is 7.58. The Morgan fingerprint density at radius 1 is 0.654 bits per heavy atom. The highest BCUT2D eigenvalue weighted by atomic mass is 35.6. The van der Waals surface area contributed by atoms with E-state index >= 15 is 0 Å². The minimum atomic E-state index is -1.46. The van der Waals surface area contributed by atoms with Gasteiger partial charge in [-0.25, -0.2) is 0 Å². The first-order valence-electron chi connectivity index (χ1n) is 7.37. The first-order chi connectivity index (χ1) is 12.0. The maximum Gasteiger partial charge on any atom is 0.201 e. The van der Waals surface area contributed by atoms with Crippen molar-refractivity contribution in [3.8, 4) is 11.5 Å². The molecule has 144 valence electrons. The molecule has 0 bridgehead atoms. The van der Waals surface area contributed by atoms with Crippen LogP contribution in [0, 0.1) is 0 Å². The first kappa shape index (κ1) is 23.8. The van der Waals surface area contributed by atoms with Crippen LogP contribution < -0.4 is 9.47 Å². The Bertz CT molecular complexity index is 607. The molecule has 2 aromatic carbocycles. The molecule has 26 heavy (non-hydrogen) atoms. The van der Waals surface area contributed by atoms with Crippen LogP contribution in [-0.2, 0) is 0 Å². The van der Waals surface area contributed by atoms with Crippen LogP contribution in [0.4, 0.5) is 0 Å². The summed E-state index contributed by atoms with van der Waals surface area (Å²) in [5.41, 5.74) is 1.81. The monoisotopic (exact) mass is 476 g/mol. The van der Waals surface area contributed by atoms with Crippen LogP contribution in [0.1, 0.15) is 24.0 Å². The van der Waals surface area contributed by atoms with Crippen LogP contribution in [-0.4, -0.2) is 21.8 Å². The zero-order valence-electron chi connectivity index (χ0n) is 14.3. The Hall–Kier alpha value is -0.220. The van der Waals surface area contributed by atoms with Gasteiger partial charge in [-0.2, -0.15) is 0 Å². The van der Waals surface area contributed by atoms with E-state index in [9.17, 15) is 0 Å². The zero-order chi connectivity index (χ0) is 20.0. The van der Waals surface area contributed by atoms with Crippen molar-refractivity contribution in [3.05, 3.63) is 59.7 Å². The fraction of sp³-hybridized carbons (Fsp3) is 0.333. The summed E-state index contributed by atoms with van der Waals surface area (Å²) < 4.78 is 7.77. The molecular weight excluding hydrogens is 461 g/mol. The van der Waals surface area contributed by atoms with E-state index in [0.29, 0.717) is 0 Å². The predicted molar refractivity (Wildman–Crippen MR) is 114 cm³/mol. The lowest BCUT2D eigenvalue weighted by atomic mass is 9.92. The maximum absolute atomic E-state index is 6.18. The second-order valence-corrected chi connectivity index (χ2v) is 10.5. The first-order valence-corrected chi connectivity index (χ1v) is 9.64. The Morgan fingerprint density at radius 2 is 0.923 bits per heavy atom. The van der Waals surface area contributed by atoms with Crippen molar-refractivity contribution < 1.29 is 9.47 Å². The van der Waals surface area contributed by atoms with Crippen molar-refractivity contribution in [2.75, 3.05) is 14.2 Å². The smallest absolute Gasteiger partial charge is 0.201 e. The molecule has 0 aliphatic heterocycles. The van der Waals surface area contributed by atoms with Crippen LogP contribution in [0.5, 0.6) is 11.5 Å². The van der Waals surface area contributed by atoms with Crippen molar-refractivity contribution in [1.29, 1.82) is 0 Å². The number of rotatable bonds is 4. The highest BCUT2D eigenvalue weighted by molar-refractivity contribution is 6.68. The molecule has 0 saturated heterocycles. The van der Waals surface area contributed by atoms with Crippen molar-refractivity contribution in [3.63, 3.8) is 0 Å². The number of methoxy groups -OCH3 is 2. The van der Waals surface area contributed by atoms with Gasteiger partial charge in [0.1, 0.15) is 11.5 Å². The van der Waals surface area contributed by atoms with Crippen LogP contribution in [0.2, 0.25) is 0 Å². The van der Waals surface area contributed by atoms with Crippen LogP contribution >= 0.6 is 69.6 Å². The third-order valence-corrected chi connectivity index (χ3v) is 3.88. The summed E-state index contributed by atoms with van der Waals surface area (Å²) in [6.07, 6.45) is 0. The molecule has 0 aliphatic rings. The molecule has 2 aromatic rings. The lowest BCUT2D eigenvalue weighted by Gasteiger charge is -2.25. The topological polar surface area (TPSA) is 18.5 Å². The van der Waals surface area contributed by atoms with E-state index in [0.717, 1.165) is 22.6 Å². The molecule has 0 heterocycles. The van der Waals surface area contributed by atoms with Crippen molar-refractivity contribution in [2.45, 2.75) is 20.4 Å². The molecule has 0 atom stereocenters.